The van der Waals surface area contributed by atoms with E-state index < -0.39 is 6.10 Å². The molecule has 0 spiro atoms. The Bertz CT molecular complexity index is 907. The number of hydrogen-bond donors (Lipinski definition) is 3. The number of nitrogens with one attached hydrogen (secondary N) is 2. The zero-order valence-corrected chi connectivity index (χ0v) is 17.7. The van der Waals surface area contributed by atoms with Crippen molar-refractivity contribution in [3.63, 3.8) is 0 Å². The molecule has 31 heavy (non-hydrogen) atoms. The predicted molar refractivity (Wildman–Crippen MR) is 113 cm³/mol. The molecule has 1 amide bonds. The van der Waals surface area contributed by atoms with Gasteiger partial charge in [0.05, 0.1) is 30.9 Å². The van der Waals surface area contributed by atoms with E-state index in [1.54, 1.807) is 10.9 Å². The minimum Gasteiger partial charge on any atom is -0.388 e. The number of rotatable bonds is 7. The fourth-order valence-corrected chi connectivity index (χ4v) is 5.04. The van der Waals surface area contributed by atoms with Gasteiger partial charge in [0.1, 0.15) is 12.2 Å². The van der Waals surface area contributed by atoms with Crippen molar-refractivity contribution in [1.29, 1.82) is 0 Å². The molecule has 8 nitrogen and oxygen atoms in total. The van der Waals surface area contributed by atoms with Crippen LogP contribution in [0.1, 0.15) is 29.5 Å². The number of hydrogen-bond acceptors (Lipinski definition) is 6. The molecule has 0 unspecified atom stereocenters. The predicted octanol–water partition coefficient (Wildman–Crippen LogP) is 0.469. The van der Waals surface area contributed by atoms with Gasteiger partial charge in [-0.15, -0.1) is 0 Å². The Kier molecular flexibility index (Phi) is 5.79. The van der Waals surface area contributed by atoms with Crippen molar-refractivity contribution < 1.29 is 19.4 Å². The van der Waals surface area contributed by atoms with Crippen molar-refractivity contribution in [1.82, 2.24) is 20.4 Å². The third-order valence-electron chi connectivity index (χ3n) is 6.60. The van der Waals surface area contributed by atoms with E-state index in [0.29, 0.717) is 25.6 Å². The van der Waals surface area contributed by atoms with Crippen molar-refractivity contribution in [3.8, 4) is 0 Å². The van der Waals surface area contributed by atoms with Gasteiger partial charge in [-0.2, -0.15) is 5.10 Å². The molecular formula is C23H30N4O4. The Labute approximate surface area is 181 Å². The molecule has 2 fully saturated rings. The number of carbonyl (C=O) groups excluding carboxylic acids is 1. The average Bonchev–Trinajstić information content (AvgIpc) is 3.50. The Morgan fingerprint density at radius 3 is 2.71 bits per heavy atom. The largest absolute Gasteiger partial charge is 0.388 e. The van der Waals surface area contributed by atoms with E-state index >= 15 is 0 Å². The first-order valence-electron chi connectivity index (χ1n) is 11.1. The maximum Gasteiger partial charge on any atom is 0.222 e. The number of aromatic nitrogens is 2. The van der Waals surface area contributed by atoms with Crippen molar-refractivity contribution in [3.05, 3.63) is 53.3 Å². The lowest BCUT2D eigenvalue weighted by Gasteiger charge is -2.22. The number of carbonyl (C=O) groups is 1. The Morgan fingerprint density at radius 2 is 2.03 bits per heavy atom. The summed E-state index contributed by atoms with van der Waals surface area (Å²) in [6.07, 6.45) is 4.85. The standard InChI is InChI=1S/C23H30N4O4/c1-27-13-14(11-26-27)10-25-21(28)9-18-8-19-23(30-18)22(29)20(31-19)12-24-17-6-15-4-2-3-5-16(15)7-17/h2-5,11,13,17-20,22-24,29H,6-10,12H2,1H3,(H,25,28)/t18-,19+,20+,22+,23-/m0/s1. The molecule has 8 heteroatoms. The number of ether oxygens (including phenoxy) is 2. The SMILES string of the molecule is Cn1cc(CNC(=O)C[C@@H]2C[C@H]3O[C@H](CNC4Cc5ccccc5C4)[C@@H](O)[C@H]3O2)cn1. The zero-order chi connectivity index (χ0) is 21.4. The van der Waals surface area contributed by atoms with Crippen LogP contribution in [0.5, 0.6) is 0 Å². The first kappa shape index (κ1) is 20.6. The Morgan fingerprint density at radius 1 is 1.26 bits per heavy atom. The summed E-state index contributed by atoms with van der Waals surface area (Å²) in [5.41, 5.74) is 3.76. The summed E-state index contributed by atoms with van der Waals surface area (Å²) in [5.74, 6) is -0.0673. The summed E-state index contributed by atoms with van der Waals surface area (Å²) < 4.78 is 13.8. The summed E-state index contributed by atoms with van der Waals surface area (Å²) >= 11 is 0. The highest BCUT2D eigenvalue weighted by molar-refractivity contribution is 5.76. The molecule has 1 aromatic heterocycles. The van der Waals surface area contributed by atoms with Gasteiger partial charge >= 0.3 is 0 Å². The second-order valence-electron chi connectivity index (χ2n) is 8.95. The summed E-state index contributed by atoms with van der Waals surface area (Å²) in [6, 6.07) is 8.91. The third-order valence-corrected chi connectivity index (χ3v) is 6.60. The first-order valence-corrected chi connectivity index (χ1v) is 11.1. The highest BCUT2D eigenvalue weighted by Gasteiger charge is 2.50. The first-order chi connectivity index (χ1) is 15.0. The molecule has 1 aromatic carbocycles. The summed E-state index contributed by atoms with van der Waals surface area (Å²) in [6.45, 7) is 1.05. The molecule has 3 N–H and O–H groups in total. The topological polar surface area (TPSA) is 97.6 Å². The minimum absolute atomic E-state index is 0.0673. The Hall–Kier alpha value is -2.26. The highest BCUT2D eigenvalue weighted by atomic mass is 16.6. The molecule has 5 atom stereocenters. The lowest BCUT2D eigenvalue weighted by Crippen LogP contribution is -2.42. The van der Waals surface area contributed by atoms with Crippen molar-refractivity contribution in [2.24, 2.45) is 7.05 Å². The lowest BCUT2D eigenvalue weighted by molar-refractivity contribution is -0.124. The van der Waals surface area contributed by atoms with E-state index in [0.717, 1.165) is 18.4 Å². The maximum absolute atomic E-state index is 12.3. The Balaban J connectivity index is 1.05. The van der Waals surface area contributed by atoms with Gasteiger partial charge in [0.15, 0.2) is 0 Å². The van der Waals surface area contributed by atoms with Gasteiger partial charge in [-0.05, 0) is 24.0 Å². The highest BCUT2D eigenvalue weighted by Crippen LogP contribution is 2.35. The molecule has 5 rings (SSSR count). The van der Waals surface area contributed by atoms with Crippen molar-refractivity contribution >= 4 is 5.91 Å². The molecule has 2 aliphatic heterocycles. The molecule has 1 aliphatic carbocycles. The second kappa shape index (κ2) is 8.70. The van der Waals surface area contributed by atoms with Gasteiger partial charge in [0.25, 0.3) is 0 Å². The van der Waals surface area contributed by atoms with Gasteiger partial charge in [-0.3, -0.25) is 9.48 Å². The van der Waals surface area contributed by atoms with Crippen LogP contribution in [0.3, 0.4) is 0 Å². The van der Waals surface area contributed by atoms with E-state index in [2.05, 4.69) is 40.0 Å². The minimum atomic E-state index is -0.676. The number of fused-ring (bicyclic) bond motifs is 2. The van der Waals surface area contributed by atoms with E-state index in [1.165, 1.54) is 11.1 Å². The van der Waals surface area contributed by atoms with E-state index in [1.807, 2.05) is 13.2 Å². The average molecular weight is 427 g/mol. The van der Waals surface area contributed by atoms with Crippen LogP contribution in [0, 0.1) is 0 Å². The van der Waals surface area contributed by atoms with E-state index in [4.69, 9.17) is 9.47 Å². The molecule has 0 saturated carbocycles. The number of nitrogens with zero attached hydrogens (tertiary/aromatic N) is 2. The monoisotopic (exact) mass is 426 g/mol. The van der Waals surface area contributed by atoms with Crippen LogP contribution in [-0.2, 0) is 40.7 Å². The maximum atomic E-state index is 12.3. The number of aryl methyl sites for hydroxylation is 1. The molecule has 3 aliphatic rings. The van der Waals surface area contributed by atoms with Gasteiger partial charge in [-0.1, -0.05) is 24.3 Å². The zero-order valence-electron chi connectivity index (χ0n) is 17.7. The molecule has 0 bridgehead atoms. The molecule has 2 aromatic rings. The lowest BCUT2D eigenvalue weighted by atomic mass is 10.1. The van der Waals surface area contributed by atoms with Crippen LogP contribution in [-0.4, -0.2) is 63.9 Å². The smallest absolute Gasteiger partial charge is 0.222 e. The van der Waals surface area contributed by atoms with Gasteiger partial charge in [-0.25, -0.2) is 0 Å². The third kappa shape index (κ3) is 4.52. The molecule has 166 valence electrons. The van der Waals surface area contributed by atoms with Crippen LogP contribution in [0.25, 0.3) is 0 Å². The number of aliphatic hydroxyl groups is 1. The number of benzene rings is 1. The molecule has 2 saturated heterocycles. The summed E-state index contributed by atoms with van der Waals surface area (Å²) in [7, 11) is 1.84. The normalized spacial score (nSPS) is 29.8. The van der Waals surface area contributed by atoms with Crippen LogP contribution in [0.2, 0.25) is 0 Å². The fourth-order valence-electron chi connectivity index (χ4n) is 5.04. The summed E-state index contributed by atoms with van der Waals surface area (Å²) in [5, 5.41) is 21.3. The van der Waals surface area contributed by atoms with Crippen LogP contribution in [0.4, 0.5) is 0 Å². The van der Waals surface area contributed by atoms with Gasteiger partial charge < -0.3 is 25.2 Å². The van der Waals surface area contributed by atoms with Gasteiger partial charge in [0, 0.05) is 44.4 Å². The van der Waals surface area contributed by atoms with Crippen LogP contribution in [0.15, 0.2) is 36.7 Å². The van der Waals surface area contributed by atoms with Crippen molar-refractivity contribution in [2.45, 2.75) is 68.8 Å². The second-order valence-corrected chi connectivity index (χ2v) is 8.95. The van der Waals surface area contributed by atoms with Crippen molar-refractivity contribution in [2.75, 3.05) is 6.54 Å². The fraction of sp³-hybridized carbons (Fsp3) is 0.565. The van der Waals surface area contributed by atoms with Gasteiger partial charge in [0.2, 0.25) is 5.91 Å². The number of aliphatic hydroxyl groups excluding tert-OH is 1. The molecule has 0 radical (unpaired) electrons. The van der Waals surface area contributed by atoms with E-state index in [9.17, 15) is 9.90 Å². The quantitative estimate of drug-likeness (QED) is 0.596. The van der Waals surface area contributed by atoms with Crippen LogP contribution >= 0.6 is 0 Å². The van der Waals surface area contributed by atoms with E-state index in [-0.39, 0.29) is 36.7 Å². The van der Waals surface area contributed by atoms with Crippen LogP contribution < -0.4 is 10.6 Å². The summed E-state index contributed by atoms with van der Waals surface area (Å²) in [4.78, 5) is 12.3. The molecule has 3 heterocycles. The molecular weight excluding hydrogens is 396 g/mol. The number of amides is 1.